The van der Waals surface area contributed by atoms with Crippen molar-refractivity contribution < 1.29 is 9.59 Å². The minimum atomic E-state index is -0.381. The second-order valence-corrected chi connectivity index (χ2v) is 3.00. The first-order valence-electron chi connectivity index (χ1n) is 4.02. The molecule has 1 amide bonds. The van der Waals surface area contributed by atoms with Gasteiger partial charge in [0.1, 0.15) is 0 Å². The van der Waals surface area contributed by atoms with Gasteiger partial charge in [-0.25, -0.2) is 4.79 Å². The van der Waals surface area contributed by atoms with Crippen LogP contribution in [0.25, 0.3) is 0 Å². The van der Waals surface area contributed by atoms with Gasteiger partial charge in [0.15, 0.2) is 0 Å². The van der Waals surface area contributed by atoms with Crippen molar-refractivity contribution in [3.05, 3.63) is 35.4 Å². The summed E-state index contributed by atoms with van der Waals surface area (Å²) >= 11 is 0. The number of carbonyl (C=O) groups excluding carboxylic acids is 2. The zero-order chi connectivity index (χ0) is 9.26. The summed E-state index contributed by atoms with van der Waals surface area (Å²) in [6, 6.07) is 7.68. The van der Waals surface area contributed by atoms with E-state index >= 15 is 0 Å². The fourth-order valence-corrected chi connectivity index (χ4v) is 1.60. The normalized spacial score (nSPS) is 18.0. The van der Waals surface area contributed by atoms with Gasteiger partial charge in [0.2, 0.25) is 6.08 Å². The lowest BCUT2D eigenvalue weighted by atomic mass is 9.77. The molecule has 0 N–H and O–H groups in total. The number of hydrogen-bond acceptors (Lipinski definition) is 2. The number of isocyanates is 1. The summed E-state index contributed by atoms with van der Waals surface area (Å²) in [6.07, 6.45) is 1.97. The highest BCUT2D eigenvalue weighted by molar-refractivity contribution is 5.90. The van der Waals surface area contributed by atoms with E-state index < -0.39 is 0 Å². The van der Waals surface area contributed by atoms with Gasteiger partial charge in [0.05, 0.1) is 5.92 Å². The lowest BCUT2D eigenvalue weighted by Crippen LogP contribution is -2.23. The predicted molar refractivity (Wildman–Crippen MR) is 46.0 cm³/mol. The first kappa shape index (κ1) is 7.90. The summed E-state index contributed by atoms with van der Waals surface area (Å²) in [6.45, 7) is 0. The SMILES string of the molecule is O=C=NC(=O)C1Cc2ccccc21. The monoisotopic (exact) mass is 173 g/mol. The van der Waals surface area contributed by atoms with Crippen LogP contribution >= 0.6 is 0 Å². The highest BCUT2D eigenvalue weighted by Crippen LogP contribution is 2.35. The van der Waals surface area contributed by atoms with Crippen molar-refractivity contribution >= 4 is 12.0 Å². The molecule has 0 bridgehead atoms. The molecule has 3 nitrogen and oxygen atoms in total. The van der Waals surface area contributed by atoms with Gasteiger partial charge in [0.25, 0.3) is 5.91 Å². The van der Waals surface area contributed by atoms with Crippen LogP contribution < -0.4 is 0 Å². The van der Waals surface area contributed by atoms with Crippen LogP contribution in [0.2, 0.25) is 0 Å². The molecule has 0 aliphatic heterocycles. The summed E-state index contributed by atoms with van der Waals surface area (Å²) in [4.78, 5) is 24.1. The summed E-state index contributed by atoms with van der Waals surface area (Å²) < 4.78 is 0. The molecular weight excluding hydrogens is 166 g/mol. The van der Waals surface area contributed by atoms with Crippen molar-refractivity contribution in [3.63, 3.8) is 0 Å². The Hall–Kier alpha value is -1.73. The van der Waals surface area contributed by atoms with Crippen molar-refractivity contribution in [1.29, 1.82) is 0 Å². The van der Waals surface area contributed by atoms with Gasteiger partial charge < -0.3 is 0 Å². The molecule has 0 saturated carbocycles. The van der Waals surface area contributed by atoms with Gasteiger partial charge in [-0.2, -0.15) is 0 Å². The van der Waals surface area contributed by atoms with Gasteiger partial charge >= 0.3 is 0 Å². The van der Waals surface area contributed by atoms with E-state index in [4.69, 9.17) is 0 Å². The molecule has 0 saturated heterocycles. The van der Waals surface area contributed by atoms with E-state index in [1.54, 1.807) is 0 Å². The highest BCUT2D eigenvalue weighted by Gasteiger charge is 2.31. The predicted octanol–water partition coefficient (Wildman–Crippen LogP) is 1.19. The lowest BCUT2D eigenvalue weighted by molar-refractivity contribution is -0.119. The second-order valence-electron chi connectivity index (χ2n) is 3.00. The van der Waals surface area contributed by atoms with Crippen LogP contribution in [0.3, 0.4) is 0 Å². The topological polar surface area (TPSA) is 46.5 Å². The lowest BCUT2D eigenvalue weighted by Gasteiger charge is -2.26. The molecule has 0 fully saturated rings. The first-order valence-corrected chi connectivity index (χ1v) is 4.02. The third-order valence-electron chi connectivity index (χ3n) is 2.31. The van der Waals surface area contributed by atoms with Crippen molar-refractivity contribution in [2.45, 2.75) is 12.3 Å². The van der Waals surface area contributed by atoms with Crippen LogP contribution in [0.5, 0.6) is 0 Å². The maximum atomic E-state index is 11.2. The van der Waals surface area contributed by atoms with Gasteiger partial charge in [-0.1, -0.05) is 24.3 Å². The Labute approximate surface area is 75.1 Å². The van der Waals surface area contributed by atoms with Crippen LogP contribution in [0, 0.1) is 0 Å². The summed E-state index contributed by atoms with van der Waals surface area (Å²) in [7, 11) is 0. The molecule has 0 spiro atoms. The van der Waals surface area contributed by atoms with Gasteiger partial charge in [-0.15, -0.1) is 4.99 Å². The number of hydrogen-bond donors (Lipinski definition) is 0. The molecule has 64 valence electrons. The second kappa shape index (κ2) is 2.96. The number of rotatable bonds is 1. The van der Waals surface area contributed by atoms with Crippen LogP contribution in [0.1, 0.15) is 17.0 Å². The molecule has 0 radical (unpaired) electrons. The van der Waals surface area contributed by atoms with Crippen LogP contribution in [-0.4, -0.2) is 12.0 Å². The smallest absolute Gasteiger partial charge is 0.264 e. The summed E-state index contributed by atoms with van der Waals surface area (Å²) in [5.74, 6) is -0.591. The van der Waals surface area contributed by atoms with E-state index in [1.165, 1.54) is 11.6 Å². The number of aliphatic imine (C=N–C) groups is 1. The summed E-state index contributed by atoms with van der Waals surface area (Å²) in [5.41, 5.74) is 2.16. The largest absolute Gasteiger partial charge is 0.271 e. The van der Waals surface area contributed by atoms with Gasteiger partial charge in [-0.05, 0) is 17.5 Å². The Morgan fingerprint density at radius 2 is 2.23 bits per heavy atom. The van der Waals surface area contributed by atoms with Crippen LogP contribution in [0.4, 0.5) is 0 Å². The number of carbonyl (C=O) groups is 1. The van der Waals surface area contributed by atoms with Gasteiger partial charge in [0, 0.05) is 0 Å². The highest BCUT2D eigenvalue weighted by atomic mass is 16.2. The van der Waals surface area contributed by atoms with E-state index in [-0.39, 0.29) is 11.8 Å². The number of amides is 1. The maximum absolute atomic E-state index is 11.2. The Morgan fingerprint density at radius 1 is 1.46 bits per heavy atom. The molecule has 1 aromatic rings. The molecule has 1 aliphatic carbocycles. The van der Waals surface area contributed by atoms with E-state index in [9.17, 15) is 9.59 Å². The van der Waals surface area contributed by atoms with E-state index in [2.05, 4.69) is 4.99 Å². The minimum absolute atomic E-state index is 0.211. The molecule has 1 unspecified atom stereocenters. The molecule has 13 heavy (non-hydrogen) atoms. The molecule has 1 aromatic carbocycles. The molecule has 1 atom stereocenters. The van der Waals surface area contributed by atoms with E-state index in [0.717, 1.165) is 5.56 Å². The van der Waals surface area contributed by atoms with Crippen LogP contribution in [0.15, 0.2) is 29.3 Å². The van der Waals surface area contributed by atoms with Crippen LogP contribution in [-0.2, 0) is 16.0 Å². The molecule has 1 aliphatic rings. The van der Waals surface area contributed by atoms with E-state index in [1.807, 2.05) is 24.3 Å². The Bertz CT molecular complexity index is 405. The first-order chi connectivity index (χ1) is 6.33. The molecule has 0 heterocycles. The fraction of sp³-hybridized carbons (Fsp3) is 0.200. The van der Waals surface area contributed by atoms with Crippen molar-refractivity contribution in [3.8, 4) is 0 Å². The average Bonchev–Trinajstić information content (AvgIpc) is 2.07. The van der Waals surface area contributed by atoms with Crippen molar-refractivity contribution in [1.82, 2.24) is 0 Å². The van der Waals surface area contributed by atoms with Crippen molar-refractivity contribution in [2.75, 3.05) is 0 Å². The standard InChI is InChI=1S/C10H7NO2/c12-6-11-10(13)9-5-7-3-1-2-4-8(7)9/h1-4,9H,5H2. The molecular formula is C10H7NO2. The quantitative estimate of drug-likeness (QED) is 0.473. The third kappa shape index (κ3) is 1.19. The summed E-state index contributed by atoms with van der Waals surface area (Å²) in [5, 5.41) is 0. The number of fused-ring (bicyclic) bond motifs is 1. The minimum Gasteiger partial charge on any atom is -0.271 e. The Morgan fingerprint density at radius 3 is 2.92 bits per heavy atom. The Balaban J connectivity index is 2.27. The van der Waals surface area contributed by atoms with E-state index in [0.29, 0.717) is 6.42 Å². The Kier molecular flexibility index (Phi) is 1.80. The zero-order valence-corrected chi connectivity index (χ0v) is 6.86. The third-order valence-corrected chi connectivity index (χ3v) is 2.31. The van der Waals surface area contributed by atoms with Crippen molar-refractivity contribution in [2.24, 2.45) is 4.99 Å². The number of nitrogens with zero attached hydrogens (tertiary/aromatic N) is 1. The molecule has 3 heteroatoms. The van der Waals surface area contributed by atoms with Gasteiger partial charge in [-0.3, -0.25) is 4.79 Å². The molecule has 2 rings (SSSR count). The average molecular weight is 173 g/mol. The number of benzene rings is 1. The zero-order valence-electron chi connectivity index (χ0n) is 6.86. The maximum Gasteiger partial charge on any atom is 0.264 e. The fourth-order valence-electron chi connectivity index (χ4n) is 1.60. The molecule has 0 aromatic heterocycles.